The van der Waals surface area contributed by atoms with Gasteiger partial charge in [0.25, 0.3) is 0 Å². The lowest BCUT2D eigenvalue weighted by Crippen LogP contribution is -2.10. The lowest BCUT2D eigenvalue weighted by Gasteiger charge is -2.17. The van der Waals surface area contributed by atoms with Crippen LogP contribution in [0.15, 0.2) is 36.7 Å². The first kappa shape index (κ1) is 12.5. The number of halogens is 2. The van der Waals surface area contributed by atoms with Gasteiger partial charge in [-0.3, -0.25) is 4.98 Å². The molecular weight excluding hydrogens is 234 g/mol. The SMILES string of the molecule is Cc1ccncc1NC(C)c1cc(F)ccc1F. The zero-order valence-corrected chi connectivity index (χ0v) is 10.2. The van der Waals surface area contributed by atoms with Gasteiger partial charge in [-0.15, -0.1) is 0 Å². The summed E-state index contributed by atoms with van der Waals surface area (Å²) < 4.78 is 26.7. The van der Waals surface area contributed by atoms with E-state index in [1.165, 1.54) is 6.07 Å². The van der Waals surface area contributed by atoms with E-state index >= 15 is 0 Å². The van der Waals surface area contributed by atoms with Gasteiger partial charge in [-0.05, 0) is 43.7 Å². The minimum atomic E-state index is -0.442. The Hall–Kier alpha value is -1.97. The number of anilines is 1. The highest BCUT2D eigenvalue weighted by molar-refractivity contribution is 5.49. The van der Waals surface area contributed by atoms with Crippen LogP contribution in [0.3, 0.4) is 0 Å². The molecule has 0 aliphatic rings. The van der Waals surface area contributed by atoms with E-state index in [0.29, 0.717) is 5.56 Å². The molecule has 2 nitrogen and oxygen atoms in total. The molecule has 1 aromatic heterocycles. The molecule has 0 saturated heterocycles. The van der Waals surface area contributed by atoms with Crippen LogP contribution in [-0.4, -0.2) is 4.98 Å². The van der Waals surface area contributed by atoms with Crippen LogP contribution in [0, 0.1) is 18.6 Å². The van der Waals surface area contributed by atoms with Crippen LogP contribution in [0.25, 0.3) is 0 Å². The standard InChI is InChI=1S/C14H14F2N2/c1-9-5-6-17-8-14(9)18-10(2)12-7-11(15)3-4-13(12)16/h3-8,10,18H,1-2H3. The second kappa shape index (κ2) is 5.12. The predicted octanol–water partition coefficient (Wildman–Crippen LogP) is 3.84. The highest BCUT2D eigenvalue weighted by Crippen LogP contribution is 2.23. The summed E-state index contributed by atoms with van der Waals surface area (Å²) >= 11 is 0. The normalized spacial score (nSPS) is 12.2. The Morgan fingerprint density at radius 1 is 1.22 bits per heavy atom. The Kier molecular flexibility index (Phi) is 3.55. The Bertz CT molecular complexity index is 555. The molecule has 1 atom stereocenters. The van der Waals surface area contributed by atoms with Crippen molar-refractivity contribution in [1.82, 2.24) is 4.98 Å². The quantitative estimate of drug-likeness (QED) is 0.892. The molecule has 1 heterocycles. The van der Waals surface area contributed by atoms with Crippen molar-refractivity contribution in [3.8, 4) is 0 Å². The second-order valence-corrected chi connectivity index (χ2v) is 4.22. The number of aryl methyl sites for hydroxylation is 1. The average Bonchev–Trinajstić information content (AvgIpc) is 2.35. The van der Waals surface area contributed by atoms with Gasteiger partial charge < -0.3 is 5.32 Å². The molecule has 2 rings (SSSR count). The summed E-state index contributed by atoms with van der Waals surface area (Å²) in [5, 5.41) is 3.13. The molecule has 0 fully saturated rings. The maximum Gasteiger partial charge on any atom is 0.128 e. The molecule has 0 aliphatic carbocycles. The van der Waals surface area contributed by atoms with Crippen molar-refractivity contribution < 1.29 is 8.78 Å². The fraction of sp³-hybridized carbons (Fsp3) is 0.214. The Labute approximate surface area is 105 Å². The molecule has 0 radical (unpaired) electrons. The number of nitrogens with one attached hydrogen (secondary N) is 1. The van der Waals surface area contributed by atoms with Crippen molar-refractivity contribution >= 4 is 5.69 Å². The van der Waals surface area contributed by atoms with Gasteiger partial charge in [-0.2, -0.15) is 0 Å². The highest BCUT2D eigenvalue weighted by atomic mass is 19.1. The van der Waals surface area contributed by atoms with Gasteiger partial charge in [0.05, 0.1) is 17.9 Å². The average molecular weight is 248 g/mol. The van der Waals surface area contributed by atoms with Gasteiger partial charge in [0.1, 0.15) is 11.6 Å². The van der Waals surface area contributed by atoms with E-state index in [1.807, 2.05) is 13.0 Å². The first-order chi connectivity index (χ1) is 8.58. The number of nitrogens with zero attached hydrogens (tertiary/aromatic N) is 1. The topological polar surface area (TPSA) is 24.9 Å². The molecular formula is C14H14F2N2. The van der Waals surface area contributed by atoms with Crippen LogP contribution in [0.2, 0.25) is 0 Å². The lowest BCUT2D eigenvalue weighted by atomic mass is 10.1. The largest absolute Gasteiger partial charge is 0.377 e. The Balaban J connectivity index is 2.25. The third kappa shape index (κ3) is 2.64. The number of rotatable bonds is 3. The van der Waals surface area contributed by atoms with Crippen LogP contribution in [-0.2, 0) is 0 Å². The zero-order valence-electron chi connectivity index (χ0n) is 10.2. The summed E-state index contributed by atoms with van der Waals surface area (Å²) in [6.45, 7) is 3.71. The fourth-order valence-corrected chi connectivity index (χ4v) is 1.77. The van der Waals surface area contributed by atoms with Crippen LogP contribution in [0.4, 0.5) is 14.5 Å². The Morgan fingerprint density at radius 3 is 2.72 bits per heavy atom. The number of aromatic nitrogens is 1. The molecule has 18 heavy (non-hydrogen) atoms. The third-order valence-electron chi connectivity index (χ3n) is 2.84. The van der Waals surface area contributed by atoms with E-state index in [0.717, 1.165) is 23.4 Å². The molecule has 1 N–H and O–H groups in total. The van der Waals surface area contributed by atoms with Gasteiger partial charge in [0, 0.05) is 11.8 Å². The maximum atomic E-state index is 13.6. The molecule has 1 unspecified atom stereocenters. The first-order valence-corrected chi connectivity index (χ1v) is 5.70. The van der Waals surface area contributed by atoms with Gasteiger partial charge in [-0.25, -0.2) is 8.78 Å². The van der Waals surface area contributed by atoms with Gasteiger partial charge in [-0.1, -0.05) is 0 Å². The van der Waals surface area contributed by atoms with Crippen molar-refractivity contribution in [3.63, 3.8) is 0 Å². The predicted molar refractivity (Wildman–Crippen MR) is 67.4 cm³/mol. The summed E-state index contributed by atoms with van der Waals surface area (Å²) in [6, 6.07) is 4.98. The second-order valence-electron chi connectivity index (χ2n) is 4.22. The molecule has 4 heteroatoms. The zero-order chi connectivity index (χ0) is 13.1. The van der Waals surface area contributed by atoms with E-state index < -0.39 is 11.6 Å². The molecule has 1 aromatic carbocycles. The molecule has 2 aromatic rings. The number of hydrogen-bond acceptors (Lipinski definition) is 2. The van der Waals surface area contributed by atoms with E-state index in [2.05, 4.69) is 10.3 Å². The number of benzene rings is 1. The lowest BCUT2D eigenvalue weighted by molar-refractivity contribution is 0.577. The summed E-state index contributed by atoms with van der Waals surface area (Å²) in [5.41, 5.74) is 2.13. The van der Waals surface area contributed by atoms with Gasteiger partial charge >= 0.3 is 0 Å². The van der Waals surface area contributed by atoms with Crippen LogP contribution in [0.1, 0.15) is 24.1 Å². The van der Waals surface area contributed by atoms with Crippen LogP contribution in [0.5, 0.6) is 0 Å². The van der Waals surface area contributed by atoms with E-state index in [4.69, 9.17) is 0 Å². The van der Waals surface area contributed by atoms with Crippen molar-refractivity contribution in [2.75, 3.05) is 5.32 Å². The molecule has 0 aliphatic heterocycles. The van der Waals surface area contributed by atoms with E-state index in [9.17, 15) is 8.78 Å². The minimum absolute atomic E-state index is 0.304. The molecule has 0 spiro atoms. The molecule has 0 bridgehead atoms. The summed E-state index contributed by atoms with van der Waals surface area (Å²) in [4.78, 5) is 4.00. The van der Waals surface area contributed by atoms with Gasteiger partial charge in [0.15, 0.2) is 0 Å². The highest BCUT2D eigenvalue weighted by Gasteiger charge is 2.12. The van der Waals surface area contributed by atoms with Crippen LogP contribution < -0.4 is 5.32 Å². The van der Waals surface area contributed by atoms with Crippen molar-refractivity contribution in [2.24, 2.45) is 0 Å². The number of hydrogen-bond donors (Lipinski definition) is 1. The fourth-order valence-electron chi connectivity index (χ4n) is 1.77. The van der Waals surface area contributed by atoms with E-state index in [1.54, 1.807) is 19.3 Å². The third-order valence-corrected chi connectivity index (χ3v) is 2.84. The number of pyridine rings is 1. The van der Waals surface area contributed by atoms with Crippen molar-refractivity contribution in [3.05, 3.63) is 59.4 Å². The first-order valence-electron chi connectivity index (χ1n) is 5.70. The van der Waals surface area contributed by atoms with Crippen molar-refractivity contribution in [1.29, 1.82) is 0 Å². The smallest absolute Gasteiger partial charge is 0.128 e. The van der Waals surface area contributed by atoms with Crippen molar-refractivity contribution in [2.45, 2.75) is 19.9 Å². The molecule has 0 saturated carbocycles. The minimum Gasteiger partial charge on any atom is -0.377 e. The molecule has 94 valence electrons. The monoisotopic (exact) mass is 248 g/mol. The molecule has 0 amide bonds. The summed E-state index contributed by atoms with van der Waals surface area (Å²) in [7, 11) is 0. The maximum absolute atomic E-state index is 13.6. The Morgan fingerprint density at radius 2 is 2.00 bits per heavy atom. The summed E-state index contributed by atoms with van der Waals surface area (Å²) in [5.74, 6) is -0.860. The van der Waals surface area contributed by atoms with Gasteiger partial charge in [0.2, 0.25) is 0 Å². The van der Waals surface area contributed by atoms with E-state index in [-0.39, 0.29) is 6.04 Å². The van der Waals surface area contributed by atoms with Crippen LogP contribution >= 0.6 is 0 Å². The summed E-state index contributed by atoms with van der Waals surface area (Å²) in [6.07, 6.45) is 3.36.